The topological polar surface area (TPSA) is 52.6 Å². The molecule has 0 spiro atoms. The number of carbonyl (C=O) groups excluding carboxylic acids is 1. The molecule has 2 aliphatic rings. The zero-order valence-corrected chi connectivity index (χ0v) is 12.1. The molecule has 0 radical (unpaired) electrons. The van der Waals surface area contributed by atoms with E-state index in [1.807, 2.05) is 11.8 Å². The van der Waals surface area contributed by atoms with E-state index in [4.69, 9.17) is 5.11 Å². The van der Waals surface area contributed by atoms with Crippen LogP contribution in [0.4, 0.5) is 0 Å². The van der Waals surface area contributed by atoms with Crippen molar-refractivity contribution in [3.05, 3.63) is 0 Å². The van der Waals surface area contributed by atoms with Crippen LogP contribution >= 0.6 is 0 Å². The highest BCUT2D eigenvalue weighted by atomic mass is 16.3. The number of aliphatic hydroxyl groups excluding tert-OH is 1. The second kappa shape index (κ2) is 7.25. The van der Waals surface area contributed by atoms with Crippen molar-refractivity contribution in [1.29, 1.82) is 0 Å². The van der Waals surface area contributed by atoms with Gasteiger partial charge in [0.15, 0.2) is 0 Å². The van der Waals surface area contributed by atoms with Crippen LogP contribution in [-0.2, 0) is 4.79 Å². The number of rotatable bonds is 7. The van der Waals surface area contributed by atoms with Crippen molar-refractivity contribution in [2.45, 2.75) is 51.5 Å². The number of nitrogens with one attached hydrogen (secondary N) is 1. The summed E-state index contributed by atoms with van der Waals surface area (Å²) < 4.78 is 0. The minimum absolute atomic E-state index is 0.239. The summed E-state index contributed by atoms with van der Waals surface area (Å²) in [5, 5.41) is 12.3. The van der Waals surface area contributed by atoms with Gasteiger partial charge in [-0.15, -0.1) is 0 Å². The maximum Gasteiger partial charge on any atom is 0.222 e. The van der Waals surface area contributed by atoms with E-state index in [0.717, 1.165) is 32.0 Å². The third-order valence-corrected chi connectivity index (χ3v) is 4.32. The number of carbonyl (C=O) groups is 1. The molecule has 1 saturated heterocycles. The molecular formula is C15H28N2O2. The summed E-state index contributed by atoms with van der Waals surface area (Å²) >= 11 is 0. The second-order valence-corrected chi connectivity index (χ2v) is 6.16. The maximum atomic E-state index is 11.9. The Labute approximate surface area is 116 Å². The molecule has 2 atom stereocenters. The van der Waals surface area contributed by atoms with Gasteiger partial charge in [0.05, 0.1) is 0 Å². The maximum absolute atomic E-state index is 11.9. The zero-order chi connectivity index (χ0) is 13.7. The Morgan fingerprint density at radius 3 is 2.74 bits per heavy atom. The average Bonchev–Trinajstić information content (AvgIpc) is 3.22. The Bertz CT molecular complexity index is 292. The molecule has 110 valence electrons. The van der Waals surface area contributed by atoms with Crippen molar-refractivity contribution in [2.24, 2.45) is 11.8 Å². The first kappa shape index (κ1) is 14.8. The molecule has 0 aromatic carbocycles. The van der Waals surface area contributed by atoms with Crippen molar-refractivity contribution in [3.8, 4) is 0 Å². The van der Waals surface area contributed by atoms with E-state index in [-0.39, 0.29) is 12.5 Å². The molecule has 2 rings (SSSR count). The number of hydrogen-bond acceptors (Lipinski definition) is 3. The number of amides is 1. The first-order valence-electron chi connectivity index (χ1n) is 7.85. The zero-order valence-electron chi connectivity index (χ0n) is 12.1. The lowest BCUT2D eigenvalue weighted by atomic mass is 9.89. The molecule has 0 bridgehead atoms. The van der Waals surface area contributed by atoms with Crippen LogP contribution in [0.15, 0.2) is 0 Å². The monoisotopic (exact) mass is 268 g/mol. The summed E-state index contributed by atoms with van der Waals surface area (Å²) in [6.45, 7) is 4.84. The summed E-state index contributed by atoms with van der Waals surface area (Å²) in [5.74, 6) is 1.89. The Morgan fingerprint density at radius 2 is 2.11 bits per heavy atom. The number of aliphatic hydroxyl groups is 1. The molecular weight excluding hydrogens is 240 g/mol. The van der Waals surface area contributed by atoms with Crippen LogP contribution in [0.2, 0.25) is 0 Å². The third kappa shape index (κ3) is 4.77. The Hall–Kier alpha value is -0.610. The molecule has 1 amide bonds. The third-order valence-electron chi connectivity index (χ3n) is 4.32. The first-order chi connectivity index (χ1) is 9.22. The molecule has 1 saturated carbocycles. The molecule has 0 aromatic rings. The smallest absolute Gasteiger partial charge is 0.222 e. The molecule has 2 N–H and O–H groups in total. The molecule has 2 unspecified atom stereocenters. The van der Waals surface area contributed by atoms with E-state index in [1.165, 1.54) is 25.7 Å². The molecule has 0 aromatic heterocycles. The largest absolute Gasteiger partial charge is 0.396 e. The van der Waals surface area contributed by atoms with Crippen LogP contribution in [0.1, 0.15) is 45.4 Å². The highest BCUT2D eigenvalue weighted by Crippen LogP contribution is 2.37. The fourth-order valence-electron chi connectivity index (χ4n) is 3.16. The number of nitrogens with zero attached hydrogens (tertiary/aromatic N) is 1. The molecule has 1 heterocycles. The lowest BCUT2D eigenvalue weighted by Crippen LogP contribution is -2.51. The molecule has 1 aliphatic carbocycles. The minimum atomic E-state index is 0.239. The van der Waals surface area contributed by atoms with E-state index < -0.39 is 0 Å². The molecule has 4 nitrogen and oxygen atoms in total. The minimum Gasteiger partial charge on any atom is -0.396 e. The van der Waals surface area contributed by atoms with Gasteiger partial charge in [-0.2, -0.15) is 0 Å². The van der Waals surface area contributed by atoms with E-state index in [9.17, 15) is 4.79 Å². The summed E-state index contributed by atoms with van der Waals surface area (Å²) in [4.78, 5) is 14.0. The average molecular weight is 268 g/mol. The second-order valence-electron chi connectivity index (χ2n) is 6.16. The Kier molecular flexibility index (Phi) is 5.64. The van der Waals surface area contributed by atoms with E-state index in [0.29, 0.717) is 18.4 Å². The molecule has 1 aliphatic heterocycles. The van der Waals surface area contributed by atoms with Crippen molar-refractivity contribution < 1.29 is 9.90 Å². The van der Waals surface area contributed by atoms with Crippen LogP contribution in [0.25, 0.3) is 0 Å². The van der Waals surface area contributed by atoms with Crippen molar-refractivity contribution in [1.82, 2.24) is 10.2 Å². The van der Waals surface area contributed by atoms with Crippen LogP contribution in [0.3, 0.4) is 0 Å². The van der Waals surface area contributed by atoms with Crippen LogP contribution in [0, 0.1) is 11.8 Å². The van der Waals surface area contributed by atoms with Gasteiger partial charge in [-0.1, -0.05) is 19.8 Å². The van der Waals surface area contributed by atoms with Crippen molar-refractivity contribution >= 4 is 5.91 Å². The summed E-state index contributed by atoms with van der Waals surface area (Å²) in [6.07, 6.45) is 6.67. The van der Waals surface area contributed by atoms with Gasteiger partial charge in [-0.05, 0) is 37.6 Å². The van der Waals surface area contributed by atoms with Gasteiger partial charge in [0.1, 0.15) is 0 Å². The highest BCUT2D eigenvalue weighted by molar-refractivity contribution is 5.76. The number of piperidine rings is 1. The predicted molar refractivity (Wildman–Crippen MR) is 75.8 cm³/mol. The van der Waals surface area contributed by atoms with Crippen molar-refractivity contribution in [2.75, 3.05) is 26.2 Å². The number of likely N-dealkylation sites (tertiary alicyclic amines) is 1. The van der Waals surface area contributed by atoms with Gasteiger partial charge in [-0.25, -0.2) is 0 Å². The standard InChI is InChI=1S/C15H28N2O2/c1-2-15(19)17-10-13(8-12-4-5-12)9-14(11-17)16-6-3-7-18/h12-14,16,18H,2-11H2,1H3. The van der Waals surface area contributed by atoms with Crippen LogP contribution in [-0.4, -0.2) is 48.2 Å². The van der Waals surface area contributed by atoms with Gasteiger partial charge in [0, 0.05) is 32.2 Å². The van der Waals surface area contributed by atoms with Gasteiger partial charge in [-0.3, -0.25) is 4.79 Å². The summed E-state index contributed by atoms with van der Waals surface area (Å²) in [6, 6.07) is 0.416. The summed E-state index contributed by atoms with van der Waals surface area (Å²) in [7, 11) is 0. The predicted octanol–water partition coefficient (Wildman–Crippen LogP) is 1.39. The Balaban J connectivity index is 1.84. The van der Waals surface area contributed by atoms with Gasteiger partial charge in [0.2, 0.25) is 5.91 Å². The van der Waals surface area contributed by atoms with Crippen molar-refractivity contribution in [3.63, 3.8) is 0 Å². The molecule has 2 fully saturated rings. The Morgan fingerprint density at radius 1 is 1.32 bits per heavy atom. The fourth-order valence-corrected chi connectivity index (χ4v) is 3.16. The van der Waals surface area contributed by atoms with Gasteiger partial charge >= 0.3 is 0 Å². The summed E-state index contributed by atoms with van der Waals surface area (Å²) in [5.41, 5.74) is 0. The molecule has 4 heteroatoms. The number of hydrogen-bond donors (Lipinski definition) is 2. The van der Waals surface area contributed by atoms with Gasteiger partial charge < -0.3 is 15.3 Å². The lowest BCUT2D eigenvalue weighted by Gasteiger charge is -2.38. The SMILES string of the molecule is CCC(=O)N1CC(CC2CC2)CC(NCCCO)C1. The lowest BCUT2D eigenvalue weighted by molar-refractivity contribution is -0.133. The quantitative estimate of drug-likeness (QED) is 0.686. The van der Waals surface area contributed by atoms with Crippen LogP contribution in [0.5, 0.6) is 0 Å². The first-order valence-corrected chi connectivity index (χ1v) is 7.85. The fraction of sp³-hybridized carbons (Fsp3) is 0.933. The van der Waals surface area contributed by atoms with E-state index in [2.05, 4.69) is 5.32 Å². The van der Waals surface area contributed by atoms with E-state index in [1.54, 1.807) is 0 Å². The molecule has 19 heavy (non-hydrogen) atoms. The van der Waals surface area contributed by atoms with Gasteiger partial charge in [0.25, 0.3) is 0 Å². The normalized spacial score (nSPS) is 27.6. The van der Waals surface area contributed by atoms with Crippen LogP contribution < -0.4 is 5.32 Å². The highest BCUT2D eigenvalue weighted by Gasteiger charge is 2.33. The van der Waals surface area contributed by atoms with E-state index >= 15 is 0 Å².